The molecule has 0 radical (unpaired) electrons. The fourth-order valence-electron chi connectivity index (χ4n) is 4.37. The monoisotopic (exact) mass is 575 g/mol. The number of amides is 5. The van der Waals surface area contributed by atoms with Crippen LogP contribution in [0.15, 0.2) is 103 Å². The van der Waals surface area contributed by atoms with Crippen LogP contribution in [0.2, 0.25) is 0 Å². The Hall–Kier alpha value is -5.70. The van der Waals surface area contributed by atoms with Gasteiger partial charge in [0.05, 0.1) is 5.69 Å². The zero-order valence-electron chi connectivity index (χ0n) is 23.6. The normalized spacial score (nSPS) is 14.0. The predicted octanol–water partition coefficient (Wildman–Crippen LogP) is 5.57. The van der Waals surface area contributed by atoms with Crippen molar-refractivity contribution < 1.29 is 28.7 Å². The molecule has 1 aliphatic rings. The number of hydrogen-bond donors (Lipinski definition) is 2. The quantitative estimate of drug-likeness (QED) is 0.199. The third-order valence-electron chi connectivity index (χ3n) is 6.81. The molecule has 0 aromatic heterocycles. The fraction of sp³-hybridized carbons (Fsp3) is 0.118. The van der Waals surface area contributed by atoms with Crippen molar-refractivity contribution >= 4 is 41.2 Å². The molecular formula is C34H29N3O6. The second-order valence-corrected chi connectivity index (χ2v) is 9.90. The minimum Gasteiger partial charge on any atom is -0.489 e. The second-order valence-electron chi connectivity index (χ2n) is 9.90. The molecule has 4 aromatic rings. The molecular weight excluding hydrogens is 546 g/mol. The molecule has 0 bridgehead atoms. The van der Waals surface area contributed by atoms with Gasteiger partial charge in [-0.1, -0.05) is 54.6 Å². The van der Waals surface area contributed by atoms with Gasteiger partial charge in [-0.05, 0) is 79.1 Å². The van der Waals surface area contributed by atoms with Crippen LogP contribution in [0.5, 0.6) is 11.5 Å². The number of aryl methyl sites for hydroxylation is 2. The largest absolute Gasteiger partial charge is 0.489 e. The van der Waals surface area contributed by atoms with Crippen LogP contribution in [0.25, 0.3) is 6.08 Å². The highest BCUT2D eigenvalue weighted by Crippen LogP contribution is 2.27. The maximum Gasteiger partial charge on any atom is 0.335 e. The molecule has 1 saturated heterocycles. The predicted molar refractivity (Wildman–Crippen MR) is 163 cm³/mol. The highest BCUT2D eigenvalue weighted by atomic mass is 16.5. The van der Waals surface area contributed by atoms with E-state index in [-0.39, 0.29) is 29.5 Å². The second kappa shape index (κ2) is 12.9. The number of imide groups is 2. The summed E-state index contributed by atoms with van der Waals surface area (Å²) in [6.07, 6.45) is 1.34. The number of ether oxygens (including phenoxy) is 2. The summed E-state index contributed by atoms with van der Waals surface area (Å²) in [7, 11) is 0. The molecule has 1 heterocycles. The number of rotatable bonds is 9. The first kappa shape index (κ1) is 28.8. The summed E-state index contributed by atoms with van der Waals surface area (Å²) >= 11 is 0. The first-order chi connectivity index (χ1) is 20.8. The van der Waals surface area contributed by atoms with Gasteiger partial charge in [-0.15, -0.1) is 0 Å². The first-order valence-corrected chi connectivity index (χ1v) is 13.6. The summed E-state index contributed by atoms with van der Waals surface area (Å²) in [5.41, 5.74) is 4.20. The van der Waals surface area contributed by atoms with Crippen LogP contribution >= 0.6 is 0 Å². The third-order valence-corrected chi connectivity index (χ3v) is 6.81. The molecule has 1 fully saturated rings. The summed E-state index contributed by atoms with van der Waals surface area (Å²) in [6, 6.07) is 27.5. The summed E-state index contributed by atoms with van der Waals surface area (Å²) in [6.45, 7) is 4.01. The van der Waals surface area contributed by atoms with Crippen LogP contribution in [0, 0.1) is 13.8 Å². The van der Waals surface area contributed by atoms with Gasteiger partial charge in [-0.3, -0.25) is 19.7 Å². The topological polar surface area (TPSA) is 114 Å². The number of para-hydroxylation sites is 1. The highest BCUT2D eigenvalue weighted by Gasteiger charge is 2.37. The van der Waals surface area contributed by atoms with Crippen LogP contribution in [-0.4, -0.2) is 30.4 Å². The Morgan fingerprint density at radius 3 is 2.30 bits per heavy atom. The van der Waals surface area contributed by atoms with Gasteiger partial charge in [0.25, 0.3) is 17.7 Å². The molecule has 5 rings (SSSR count). The van der Waals surface area contributed by atoms with Crippen LogP contribution in [0.4, 0.5) is 16.2 Å². The number of nitrogens with zero attached hydrogens (tertiary/aromatic N) is 1. The first-order valence-electron chi connectivity index (χ1n) is 13.6. The molecule has 0 saturated carbocycles. The van der Waals surface area contributed by atoms with Gasteiger partial charge in [0.1, 0.15) is 23.7 Å². The average Bonchev–Trinajstić information content (AvgIpc) is 3.00. The van der Waals surface area contributed by atoms with Crippen molar-refractivity contribution in [3.05, 3.63) is 125 Å². The molecule has 216 valence electrons. The molecule has 4 aromatic carbocycles. The van der Waals surface area contributed by atoms with Crippen molar-refractivity contribution in [3.63, 3.8) is 0 Å². The molecule has 2 N–H and O–H groups in total. The SMILES string of the molecule is Cc1ccc(NC(=O)COc2ccccc2/C=C2/C(=O)NC(=O)N(c3ccc(OCc4ccccc4)cc3)C2=O)cc1C. The standard InChI is InChI=1S/C34H29N3O6/c1-22-12-13-26(18-23(22)2)35-31(38)21-43-30-11-7-6-10-25(30)19-29-32(39)36-34(41)37(33(29)40)27-14-16-28(17-15-27)42-20-24-8-4-3-5-9-24/h3-19H,20-21H2,1-2H3,(H,35,38)(H,36,39,41)/b29-19-. The van der Waals surface area contributed by atoms with Gasteiger partial charge in [0.15, 0.2) is 6.61 Å². The Morgan fingerprint density at radius 1 is 0.837 bits per heavy atom. The maximum atomic E-state index is 13.4. The van der Waals surface area contributed by atoms with Crippen LogP contribution < -0.4 is 25.0 Å². The molecule has 5 amide bonds. The van der Waals surface area contributed by atoms with E-state index in [0.717, 1.165) is 21.6 Å². The number of nitrogens with one attached hydrogen (secondary N) is 2. The van der Waals surface area contributed by atoms with Crippen LogP contribution in [0.1, 0.15) is 22.3 Å². The number of anilines is 2. The Balaban J connectivity index is 1.29. The number of carbonyl (C=O) groups excluding carboxylic acids is 4. The van der Waals surface area contributed by atoms with E-state index in [1.54, 1.807) is 48.5 Å². The maximum absolute atomic E-state index is 13.4. The van der Waals surface area contributed by atoms with E-state index in [1.165, 1.54) is 6.08 Å². The Labute approximate surface area is 248 Å². The van der Waals surface area contributed by atoms with Gasteiger partial charge in [0, 0.05) is 11.3 Å². The van der Waals surface area contributed by atoms with Crippen molar-refractivity contribution in [2.24, 2.45) is 0 Å². The molecule has 9 heteroatoms. The van der Waals surface area contributed by atoms with Crippen molar-refractivity contribution in [3.8, 4) is 11.5 Å². The smallest absolute Gasteiger partial charge is 0.335 e. The van der Waals surface area contributed by atoms with E-state index in [2.05, 4.69) is 10.6 Å². The molecule has 0 atom stereocenters. The average molecular weight is 576 g/mol. The van der Waals surface area contributed by atoms with E-state index in [4.69, 9.17) is 9.47 Å². The van der Waals surface area contributed by atoms with Gasteiger partial charge in [-0.25, -0.2) is 9.69 Å². The third kappa shape index (κ3) is 6.97. The minimum absolute atomic E-state index is 0.264. The van der Waals surface area contributed by atoms with Gasteiger partial charge in [0.2, 0.25) is 0 Å². The Morgan fingerprint density at radius 2 is 1.56 bits per heavy atom. The van der Waals surface area contributed by atoms with E-state index in [9.17, 15) is 19.2 Å². The van der Waals surface area contributed by atoms with Gasteiger partial charge >= 0.3 is 6.03 Å². The number of benzene rings is 4. The minimum atomic E-state index is -0.863. The molecule has 0 aliphatic carbocycles. The Bertz CT molecular complexity index is 1710. The van der Waals surface area contributed by atoms with Crippen LogP contribution in [-0.2, 0) is 21.0 Å². The number of hydrogen-bond acceptors (Lipinski definition) is 6. The lowest BCUT2D eigenvalue weighted by atomic mass is 10.1. The van der Waals surface area contributed by atoms with Crippen molar-refractivity contribution in [2.45, 2.75) is 20.5 Å². The van der Waals surface area contributed by atoms with E-state index in [0.29, 0.717) is 23.6 Å². The summed E-state index contributed by atoms with van der Waals surface area (Å²) < 4.78 is 11.5. The molecule has 43 heavy (non-hydrogen) atoms. The highest BCUT2D eigenvalue weighted by molar-refractivity contribution is 6.39. The van der Waals surface area contributed by atoms with Crippen LogP contribution in [0.3, 0.4) is 0 Å². The van der Waals surface area contributed by atoms with E-state index < -0.39 is 17.8 Å². The van der Waals surface area contributed by atoms with Crippen molar-refractivity contribution in [2.75, 3.05) is 16.8 Å². The summed E-state index contributed by atoms with van der Waals surface area (Å²) in [5, 5.41) is 5.01. The zero-order valence-corrected chi connectivity index (χ0v) is 23.6. The molecule has 0 unspecified atom stereocenters. The zero-order chi connectivity index (χ0) is 30.3. The molecule has 0 spiro atoms. The number of urea groups is 1. The Kier molecular flexibility index (Phi) is 8.62. The van der Waals surface area contributed by atoms with E-state index in [1.807, 2.05) is 62.4 Å². The number of barbiturate groups is 1. The van der Waals surface area contributed by atoms with Crippen molar-refractivity contribution in [1.29, 1.82) is 0 Å². The van der Waals surface area contributed by atoms with Crippen molar-refractivity contribution in [1.82, 2.24) is 5.32 Å². The fourth-order valence-corrected chi connectivity index (χ4v) is 4.37. The number of carbonyl (C=O) groups is 4. The lowest BCUT2D eigenvalue weighted by molar-refractivity contribution is -0.122. The lowest BCUT2D eigenvalue weighted by Gasteiger charge is -2.26. The lowest BCUT2D eigenvalue weighted by Crippen LogP contribution is -2.54. The van der Waals surface area contributed by atoms with Gasteiger partial charge in [-0.2, -0.15) is 0 Å². The summed E-state index contributed by atoms with van der Waals surface area (Å²) in [4.78, 5) is 52.3. The van der Waals surface area contributed by atoms with E-state index >= 15 is 0 Å². The molecule has 1 aliphatic heterocycles. The summed E-state index contributed by atoms with van der Waals surface area (Å²) in [5.74, 6) is -1.17. The molecule has 9 nitrogen and oxygen atoms in total. The van der Waals surface area contributed by atoms with Gasteiger partial charge < -0.3 is 14.8 Å².